The molecule has 0 saturated heterocycles. The minimum absolute atomic E-state index is 0.0181. The van der Waals surface area contributed by atoms with Crippen LogP contribution in [0, 0.1) is 5.92 Å². The number of amides is 1. The van der Waals surface area contributed by atoms with Gasteiger partial charge in [0.15, 0.2) is 0 Å². The van der Waals surface area contributed by atoms with Gasteiger partial charge in [-0.05, 0) is 25.0 Å². The quantitative estimate of drug-likeness (QED) is 0.794. The second-order valence-corrected chi connectivity index (χ2v) is 5.53. The van der Waals surface area contributed by atoms with Crippen molar-refractivity contribution < 1.29 is 9.90 Å². The molecule has 0 spiro atoms. The zero-order chi connectivity index (χ0) is 15.4. The molecule has 1 amide bonds. The molecule has 21 heavy (non-hydrogen) atoms. The minimum Gasteiger partial charge on any atom is -0.396 e. The molecule has 2 aromatic rings. The number of aliphatic hydroxyl groups is 1. The van der Waals surface area contributed by atoms with Gasteiger partial charge in [-0.3, -0.25) is 9.89 Å². The number of benzene rings is 1. The van der Waals surface area contributed by atoms with Crippen molar-refractivity contribution in [3.63, 3.8) is 0 Å². The van der Waals surface area contributed by atoms with Crippen molar-refractivity contribution in [3.8, 4) is 11.3 Å². The molecular formula is C15H18ClN3O2. The summed E-state index contributed by atoms with van der Waals surface area (Å²) in [5, 5.41) is 19.4. The lowest BCUT2D eigenvalue weighted by atomic mass is 10.0. The highest BCUT2D eigenvalue weighted by Crippen LogP contribution is 2.24. The van der Waals surface area contributed by atoms with Gasteiger partial charge in [-0.25, -0.2) is 0 Å². The maximum Gasteiger partial charge on any atom is 0.255 e. The maximum absolute atomic E-state index is 12.3. The topological polar surface area (TPSA) is 78.0 Å². The molecule has 0 saturated carbocycles. The second-order valence-electron chi connectivity index (χ2n) is 5.09. The molecule has 0 aliphatic carbocycles. The van der Waals surface area contributed by atoms with Gasteiger partial charge in [-0.15, -0.1) is 0 Å². The number of hydrogen-bond donors (Lipinski definition) is 3. The molecule has 0 radical (unpaired) electrons. The van der Waals surface area contributed by atoms with Gasteiger partial charge in [0.25, 0.3) is 5.91 Å². The number of rotatable bonds is 5. The van der Waals surface area contributed by atoms with Crippen molar-refractivity contribution in [1.82, 2.24) is 15.5 Å². The molecule has 1 aromatic carbocycles. The van der Waals surface area contributed by atoms with Gasteiger partial charge in [0.2, 0.25) is 0 Å². The average Bonchev–Trinajstić information content (AvgIpc) is 2.95. The Morgan fingerprint density at radius 3 is 2.90 bits per heavy atom. The number of H-pyrrole nitrogens is 1. The summed E-state index contributed by atoms with van der Waals surface area (Å²) in [7, 11) is 0. The molecule has 2 unspecified atom stereocenters. The molecule has 6 heteroatoms. The van der Waals surface area contributed by atoms with E-state index in [1.54, 1.807) is 12.1 Å². The van der Waals surface area contributed by atoms with Crippen LogP contribution in [-0.2, 0) is 0 Å². The number of nitrogens with one attached hydrogen (secondary N) is 2. The van der Waals surface area contributed by atoms with Crippen molar-refractivity contribution in [3.05, 3.63) is 41.0 Å². The van der Waals surface area contributed by atoms with Crippen molar-refractivity contribution in [2.24, 2.45) is 5.92 Å². The molecule has 0 aliphatic heterocycles. The summed E-state index contributed by atoms with van der Waals surface area (Å²) in [6, 6.07) is 7.08. The van der Waals surface area contributed by atoms with E-state index in [4.69, 9.17) is 16.7 Å². The number of nitrogens with zero attached hydrogens (tertiary/aromatic N) is 1. The first-order valence-corrected chi connectivity index (χ1v) is 7.11. The van der Waals surface area contributed by atoms with Crippen LogP contribution in [-0.4, -0.2) is 33.9 Å². The Morgan fingerprint density at radius 2 is 2.24 bits per heavy atom. The van der Waals surface area contributed by atoms with E-state index in [9.17, 15) is 4.79 Å². The lowest BCUT2D eigenvalue weighted by molar-refractivity contribution is 0.0917. The average molecular weight is 308 g/mol. The third-order valence-corrected chi connectivity index (χ3v) is 3.73. The molecule has 5 nitrogen and oxygen atoms in total. The Hall–Kier alpha value is -1.85. The highest BCUT2D eigenvalue weighted by atomic mass is 35.5. The monoisotopic (exact) mass is 307 g/mol. The second kappa shape index (κ2) is 6.74. The van der Waals surface area contributed by atoms with Crippen LogP contribution in [0.1, 0.15) is 24.2 Å². The highest BCUT2D eigenvalue weighted by Gasteiger charge is 2.19. The number of aromatic nitrogens is 2. The Kier molecular flexibility index (Phi) is 4.98. The number of aromatic amines is 1. The van der Waals surface area contributed by atoms with Gasteiger partial charge < -0.3 is 10.4 Å². The first-order chi connectivity index (χ1) is 10.0. The number of carbonyl (C=O) groups is 1. The maximum atomic E-state index is 12.3. The molecule has 3 N–H and O–H groups in total. The van der Waals surface area contributed by atoms with Gasteiger partial charge in [0.05, 0.1) is 17.5 Å². The zero-order valence-corrected chi connectivity index (χ0v) is 12.7. The predicted molar refractivity (Wildman–Crippen MR) is 82.2 cm³/mol. The minimum atomic E-state index is -0.230. The third-order valence-electron chi connectivity index (χ3n) is 3.50. The first kappa shape index (κ1) is 15.5. The summed E-state index contributed by atoms with van der Waals surface area (Å²) in [6.45, 7) is 3.75. The lowest BCUT2D eigenvalue weighted by Gasteiger charge is -2.19. The van der Waals surface area contributed by atoms with Crippen molar-refractivity contribution in [2.75, 3.05) is 6.61 Å². The fourth-order valence-electron chi connectivity index (χ4n) is 1.91. The van der Waals surface area contributed by atoms with Crippen LogP contribution in [0.25, 0.3) is 11.3 Å². The van der Waals surface area contributed by atoms with Crippen LogP contribution in [0.5, 0.6) is 0 Å². The fourth-order valence-corrected chi connectivity index (χ4v) is 2.10. The Bertz CT molecular complexity index is 627. The van der Waals surface area contributed by atoms with E-state index in [1.807, 2.05) is 26.0 Å². The van der Waals surface area contributed by atoms with Crippen LogP contribution >= 0.6 is 11.6 Å². The van der Waals surface area contributed by atoms with E-state index in [0.29, 0.717) is 16.3 Å². The van der Waals surface area contributed by atoms with Crippen molar-refractivity contribution in [1.29, 1.82) is 0 Å². The molecule has 0 fully saturated rings. The summed E-state index contributed by atoms with van der Waals surface area (Å²) >= 11 is 5.98. The van der Waals surface area contributed by atoms with Crippen LogP contribution in [0.4, 0.5) is 0 Å². The SMILES string of the molecule is CC(CO)C(C)NC(=O)c1cn[nH]c1-c1cccc(Cl)c1. The highest BCUT2D eigenvalue weighted by molar-refractivity contribution is 6.30. The van der Waals surface area contributed by atoms with E-state index in [-0.39, 0.29) is 24.5 Å². The summed E-state index contributed by atoms with van der Waals surface area (Å²) < 4.78 is 0. The standard InChI is InChI=1S/C15H18ClN3O2/c1-9(8-20)10(2)18-15(21)13-7-17-19-14(13)11-4-3-5-12(16)6-11/h3-7,9-10,20H,8H2,1-2H3,(H,17,19)(H,18,21). The first-order valence-electron chi connectivity index (χ1n) is 6.74. The molecule has 2 atom stereocenters. The van der Waals surface area contributed by atoms with E-state index < -0.39 is 0 Å². The van der Waals surface area contributed by atoms with Crippen LogP contribution < -0.4 is 5.32 Å². The third kappa shape index (κ3) is 3.62. The molecule has 112 valence electrons. The predicted octanol–water partition coefficient (Wildman–Crippen LogP) is 2.48. The van der Waals surface area contributed by atoms with E-state index in [1.165, 1.54) is 6.20 Å². The molecule has 1 heterocycles. The summed E-state index contributed by atoms with van der Waals surface area (Å²) in [4.78, 5) is 12.3. The van der Waals surface area contributed by atoms with Crippen molar-refractivity contribution >= 4 is 17.5 Å². The van der Waals surface area contributed by atoms with Crippen LogP contribution in [0.2, 0.25) is 5.02 Å². The summed E-state index contributed by atoms with van der Waals surface area (Å²) in [6.07, 6.45) is 1.49. The molecule has 1 aromatic heterocycles. The van der Waals surface area contributed by atoms with E-state index in [2.05, 4.69) is 15.5 Å². The van der Waals surface area contributed by atoms with E-state index in [0.717, 1.165) is 5.56 Å². The smallest absolute Gasteiger partial charge is 0.255 e. The summed E-state index contributed by atoms with van der Waals surface area (Å²) in [5.74, 6) is -0.248. The molecule has 2 rings (SSSR count). The molecular weight excluding hydrogens is 290 g/mol. The van der Waals surface area contributed by atoms with Gasteiger partial charge >= 0.3 is 0 Å². The lowest BCUT2D eigenvalue weighted by Crippen LogP contribution is -2.38. The molecule has 0 bridgehead atoms. The Labute approximate surface area is 128 Å². The Morgan fingerprint density at radius 1 is 1.48 bits per heavy atom. The Balaban J connectivity index is 2.22. The number of hydrogen-bond acceptors (Lipinski definition) is 3. The number of carbonyl (C=O) groups excluding carboxylic acids is 1. The van der Waals surface area contributed by atoms with Crippen molar-refractivity contribution in [2.45, 2.75) is 19.9 Å². The van der Waals surface area contributed by atoms with Gasteiger partial charge in [0, 0.05) is 23.2 Å². The van der Waals surface area contributed by atoms with Gasteiger partial charge in [0.1, 0.15) is 0 Å². The zero-order valence-electron chi connectivity index (χ0n) is 11.9. The fraction of sp³-hybridized carbons (Fsp3) is 0.333. The van der Waals surface area contributed by atoms with Crippen LogP contribution in [0.3, 0.4) is 0 Å². The van der Waals surface area contributed by atoms with Crippen LogP contribution in [0.15, 0.2) is 30.5 Å². The number of halogens is 1. The number of aliphatic hydroxyl groups excluding tert-OH is 1. The van der Waals surface area contributed by atoms with Gasteiger partial charge in [-0.1, -0.05) is 30.7 Å². The van der Waals surface area contributed by atoms with Gasteiger partial charge in [-0.2, -0.15) is 5.10 Å². The normalized spacial score (nSPS) is 13.7. The largest absolute Gasteiger partial charge is 0.396 e. The summed E-state index contributed by atoms with van der Waals surface area (Å²) in [5.41, 5.74) is 1.88. The van der Waals surface area contributed by atoms with E-state index >= 15 is 0 Å². The molecule has 0 aliphatic rings.